The zero-order valence-electron chi connectivity index (χ0n) is 19.0. The summed E-state index contributed by atoms with van der Waals surface area (Å²) in [5, 5.41) is 33.6. The number of nitrogens with two attached hydrogens (primary N) is 2. The third-order valence-electron chi connectivity index (χ3n) is 4.56. The predicted molar refractivity (Wildman–Crippen MR) is 122 cm³/mol. The third kappa shape index (κ3) is 13.8. The van der Waals surface area contributed by atoms with Crippen molar-refractivity contribution in [2.24, 2.45) is 11.5 Å². The summed E-state index contributed by atoms with van der Waals surface area (Å²) in [5.74, 6) is -7.50. The van der Waals surface area contributed by atoms with E-state index >= 15 is 0 Å². The molecule has 0 aliphatic carbocycles. The quantitative estimate of drug-likeness (QED) is 0.0909. The van der Waals surface area contributed by atoms with E-state index in [9.17, 15) is 38.7 Å². The number of carboxylic acids is 3. The van der Waals surface area contributed by atoms with Crippen molar-refractivity contribution in [2.75, 3.05) is 12.0 Å². The summed E-state index contributed by atoms with van der Waals surface area (Å²) in [4.78, 5) is 82.0. The minimum absolute atomic E-state index is 0.0432. The number of aliphatic carboxylic acids is 3. The highest BCUT2D eigenvalue weighted by Crippen LogP contribution is 2.05. The molecule has 0 aromatic rings. The Morgan fingerprint density at radius 3 is 1.77 bits per heavy atom. The maximum Gasteiger partial charge on any atom is 0.326 e. The second-order valence-electron chi connectivity index (χ2n) is 7.44. The molecule has 0 aliphatic rings. The normalized spacial score (nSPS) is 14.0. The third-order valence-corrected chi connectivity index (χ3v) is 5.20. The molecule has 0 rings (SSSR count). The summed E-state index contributed by atoms with van der Waals surface area (Å²) in [6.07, 6.45) is -0.499. The standard InChI is InChI=1S/C19H31N5O10S/c1-35-7-6-11(19(33)34)23-18(32)12(8-15(28)29)24-17(31)10(3-4-13(21)25)22-16(30)9(20)2-5-14(26)27/h9-12H,2-8,20H2,1H3,(H2,21,25)(H,22,30)(H,23,32)(H,24,31)(H,26,27)(H,28,29)(H,33,34). The Balaban J connectivity index is 5.53. The second kappa shape index (κ2) is 16.3. The van der Waals surface area contributed by atoms with Crippen molar-refractivity contribution < 1.29 is 48.9 Å². The number of primary amides is 1. The van der Waals surface area contributed by atoms with Gasteiger partial charge in [0.05, 0.1) is 12.5 Å². The smallest absolute Gasteiger partial charge is 0.326 e. The van der Waals surface area contributed by atoms with Crippen LogP contribution < -0.4 is 27.4 Å². The molecule has 0 aromatic heterocycles. The molecule has 0 heterocycles. The summed E-state index contributed by atoms with van der Waals surface area (Å²) in [6, 6.07) is -5.81. The number of carboxylic acid groups (broad SMARTS) is 3. The SMILES string of the molecule is CSCCC(NC(=O)C(CC(=O)O)NC(=O)C(CCC(N)=O)NC(=O)C(N)CCC(=O)O)C(=O)O. The number of hydrogen-bond acceptors (Lipinski definition) is 9. The van der Waals surface area contributed by atoms with Gasteiger partial charge in [-0.15, -0.1) is 0 Å². The topological polar surface area (TPSA) is 268 Å². The van der Waals surface area contributed by atoms with Crippen molar-refractivity contribution in [1.29, 1.82) is 0 Å². The molecule has 198 valence electrons. The number of rotatable bonds is 18. The van der Waals surface area contributed by atoms with Crippen LogP contribution in [0.3, 0.4) is 0 Å². The van der Waals surface area contributed by atoms with Crippen LogP contribution in [0.2, 0.25) is 0 Å². The average molecular weight is 522 g/mol. The van der Waals surface area contributed by atoms with Gasteiger partial charge in [-0.3, -0.25) is 28.8 Å². The van der Waals surface area contributed by atoms with Gasteiger partial charge in [-0.25, -0.2) is 4.79 Å². The monoisotopic (exact) mass is 521 g/mol. The van der Waals surface area contributed by atoms with Crippen molar-refractivity contribution in [3.05, 3.63) is 0 Å². The zero-order chi connectivity index (χ0) is 27.1. The lowest BCUT2D eigenvalue weighted by Gasteiger charge is -2.24. The van der Waals surface area contributed by atoms with Crippen LogP contribution in [-0.4, -0.2) is 93.0 Å². The molecule has 0 fully saturated rings. The van der Waals surface area contributed by atoms with E-state index in [1.54, 1.807) is 6.26 Å². The second-order valence-corrected chi connectivity index (χ2v) is 8.43. The number of carbonyl (C=O) groups is 7. The first-order chi connectivity index (χ1) is 16.3. The van der Waals surface area contributed by atoms with E-state index in [0.717, 1.165) is 0 Å². The lowest BCUT2D eigenvalue weighted by atomic mass is 10.1. The van der Waals surface area contributed by atoms with E-state index in [1.165, 1.54) is 11.8 Å². The van der Waals surface area contributed by atoms with Gasteiger partial charge in [0, 0.05) is 12.8 Å². The Labute approximate surface area is 204 Å². The largest absolute Gasteiger partial charge is 0.481 e. The summed E-state index contributed by atoms with van der Waals surface area (Å²) in [6.45, 7) is 0. The van der Waals surface area contributed by atoms with Crippen LogP contribution in [0.15, 0.2) is 0 Å². The van der Waals surface area contributed by atoms with Crippen LogP contribution in [0.5, 0.6) is 0 Å². The minimum Gasteiger partial charge on any atom is -0.481 e. The molecule has 15 nitrogen and oxygen atoms in total. The van der Waals surface area contributed by atoms with E-state index < -0.39 is 78.5 Å². The number of thioether (sulfide) groups is 1. The van der Waals surface area contributed by atoms with Gasteiger partial charge >= 0.3 is 17.9 Å². The Bertz CT molecular complexity index is 809. The molecule has 4 unspecified atom stereocenters. The highest BCUT2D eigenvalue weighted by molar-refractivity contribution is 7.98. The molecule has 10 N–H and O–H groups in total. The van der Waals surface area contributed by atoms with Crippen molar-refractivity contribution >= 4 is 53.3 Å². The average Bonchev–Trinajstić information content (AvgIpc) is 2.75. The number of hydrogen-bond donors (Lipinski definition) is 8. The van der Waals surface area contributed by atoms with Gasteiger partial charge in [-0.05, 0) is 31.3 Å². The highest BCUT2D eigenvalue weighted by Gasteiger charge is 2.31. The summed E-state index contributed by atoms with van der Waals surface area (Å²) in [5.41, 5.74) is 10.7. The highest BCUT2D eigenvalue weighted by atomic mass is 32.2. The van der Waals surface area contributed by atoms with Crippen molar-refractivity contribution in [1.82, 2.24) is 16.0 Å². The van der Waals surface area contributed by atoms with Crippen molar-refractivity contribution in [3.63, 3.8) is 0 Å². The Hall–Kier alpha value is -3.40. The number of nitrogens with one attached hydrogen (secondary N) is 3. The Kier molecular flexibility index (Phi) is 14.7. The molecule has 0 saturated heterocycles. The zero-order valence-corrected chi connectivity index (χ0v) is 19.8. The van der Waals surface area contributed by atoms with Crippen LogP contribution >= 0.6 is 11.8 Å². The molecule has 0 saturated carbocycles. The maximum absolute atomic E-state index is 12.8. The van der Waals surface area contributed by atoms with Gasteiger partial charge < -0.3 is 42.7 Å². The molecule has 0 spiro atoms. The molecule has 0 aromatic carbocycles. The number of amides is 4. The summed E-state index contributed by atoms with van der Waals surface area (Å²) in [7, 11) is 0. The van der Waals surface area contributed by atoms with Crippen LogP contribution in [-0.2, 0) is 33.6 Å². The van der Waals surface area contributed by atoms with E-state index in [1.807, 2.05) is 0 Å². The fourth-order valence-corrected chi connectivity index (χ4v) is 3.14. The first-order valence-electron chi connectivity index (χ1n) is 10.4. The summed E-state index contributed by atoms with van der Waals surface area (Å²) < 4.78 is 0. The van der Waals surface area contributed by atoms with Crippen molar-refractivity contribution in [3.8, 4) is 0 Å². The molecule has 0 bridgehead atoms. The van der Waals surface area contributed by atoms with E-state index in [0.29, 0.717) is 5.75 Å². The minimum atomic E-state index is -1.70. The molecular formula is C19H31N5O10S. The van der Waals surface area contributed by atoms with Crippen LogP contribution in [0.1, 0.15) is 38.5 Å². The lowest BCUT2D eigenvalue weighted by molar-refractivity contribution is -0.144. The lowest BCUT2D eigenvalue weighted by Crippen LogP contribution is -2.57. The Morgan fingerprint density at radius 1 is 0.743 bits per heavy atom. The van der Waals surface area contributed by atoms with Gasteiger partial charge in [-0.2, -0.15) is 11.8 Å². The van der Waals surface area contributed by atoms with Crippen molar-refractivity contribution in [2.45, 2.75) is 62.7 Å². The molecular weight excluding hydrogens is 490 g/mol. The molecule has 0 radical (unpaired) electrons. The van der Waals surface area contributed by atoms with Gasteiger partial charge in [0.25, 0.3) is 0 Å². The fraction of sp³-hybridized carbons (Fsp3) is 0.632. The molecule has 4 amide bonds. The molecule has 0 aliphatic heterocycles. The molecule has 4 atom stereocenters. The van der Waals surface area contributed by atoms with Crippen LogP contribution in [0.4, 0.5) is 0 Å². The van der Waals surface area contributed by atoms with Gasteiger partial charge in [0.15, 0.2) is 0 Å². The predicted octanol–water partition coefficient (Wildman–Crippen LogP) is -2.79. The van der Waals surface area contributed by atoms with Crippen LogP contribution in [0.25, 0.3) is 0 Å². The number of carbonyl (C=O) groups excluding carboxylic acids is 4. The molecule has 35 heavy (non-hydrogen) atoms. The van der Waals surface area contributed by atoms with Crippen LogP contribution in [0, 0.1) is 0 Å². The van der Waals surface area contributed by atoms with Gasteiger partial charge in [0.1, 0.15) is 18.1 Å². The first-order valence-corrected chi connectivity index (χ1v) is 11.8. The van der Waals surface area contributed by atoms with E-state index in [2.05, 4.69) is 16.0 Å². The maximum atomic E-state index is 12.8. The first kappa shape index (κ1) is 31.6. The van der Waals surface area contributed by atoms with E-state index in [-0.39, 0.29) is 25.7 Å². The van der Waals surface area contributed by atoms with Gasteiger partial charge in [0.2, 0.25) is 23.6 Å². The van der Waals surface area contributed by atoms with Gasteiger partial charge in [-0.1, -0.05) is 0 Å². The Morgan fingerprint density at radius 2 is 1.29 bits per heavy atom. The van der Waals surface area contributed by atoms with E-state index in [4.69, 9.17) is 21.7 Å². The fourth-order valence-electron chi connectivity index (χ4n) is 2.67. The summed E-state index contributed by atoms with van der Waals surface area (Å²) >= 11 is 1.33. The molecule has 16 heteroatoms.